The topological polar surface area (TPSA) is 50.2 Å². The number of para-hydroxylation sites is 1. The minimum Gasteiger partial charge on any atom is -0.369 e. The predicted octanol–water partition coefficient (Wildman–Crippen LogP) is 6.02. The summed E-state index contributed by atoms with van der Waals surface area (Å²) in [4.78, 5) is 16.5. The average molecular weight is 449 g/mol. The first-order valence-corrected chi connectivity index (χ1v) is 11.7. The Labute approximate surface area is 190 Å². The fourth-order valence-corrected chi connectivity index (χ4v) is 5.26. The maximum Gasteiger partial charge on any atom is 0.265 e. The highest BCUT2D eigenvalue weighted by atomic mass is 32.1. The van der Waals surface area contributed by atoms with Crippen LogP contribution >= 0.6 is 11.3 Å². The molecule has 5 rings (SSSR count). The van der Waals surface area contributed by atoms with Crippen LogP contribution in [-0.2, 0) is 0 Å². The molecule has 0 bridgehead atoms. The first kappa shape index (κ1) is 20.7. The number of aryl methyl sites for hydroxylation is 1. The standard InChI is InChI=1S/C25H25FN4OS/c1-16-10-12-29(13-11-16)22-9-8-18(14-21(22)26)27-24(31)23-15-20-17(2)28-30(25(20)32-23)19-6-4-3-5-7-19/h3-9,14-16H,10-13H2,1-2H3,(H,27,31). The number of fused-ring (bicyclic) bond motifs is 1. The number of hydrogen-bond acceptors (Lipinski definition) is 4. The summed E-state index contributed by atoms with van der Waals surface area (Å²) >= 11 is 1.38. The number of amides is 1. The second kappa shape index (κ2) is 8.39. The van der Waals surface area contributed by atoms with Crippen LogP contribution < -0.4 is 10.2 Å². The van der Waals surface area contributed by atoms with Gasteiger partial charge in [0.2, 0.25) is 0 Å². The van der Waals surface area contributed by atoms with E-state index in [2.05, 4.69) is 22.2 Å². The summed E-state index contributed by atoms with van der Waals surface area (Å²) in [5, 5.41) is 8.41. The van der Waals surface area contributed by atoms with Crippen molar-refractivity contribution in [2.24, 2.45) is 5.92 Å². The van der Waals surface area contributed by atoms with Crippen molar-refractivity contribution >= 4 is 38.8 Å². The third-order valence-electron chi connectivity index (χ3n) is 6.10. The van der Waals surface area contributed by atoms with Crippen molar-refractivity contribution in [3.8, 4) is 5.69 Å². The molecule has 1 saturated heterocycles. The van der Waals surface area contributed by atoms with Crippen molar-refractivity contribution in [1.82, 2.24) is 9.78 Å². The molecule has 1 N–H and O–H groups in total. The number of nitrogens with zero attached hydrogens (tertiary/aromatic N) is 3. The number of rotatable bonds is 4. The van der Waals surface area contributed by atoms with Crippen molar-refractivity contribution in [2.75, 3.05) is 23.3 Å². The van der Waals surface area contributed by atoms with Gasteiger partial charge in [-0.25, -0.2) is 9.07 Å². The Bertz CT molecular complexity index is 1270. The number of carbonyl (C=O) groups is 1. The Kier molecular flexibility index (Phi) is 5.43. The zero-order valence-electron chi connectivity index (χ0n) is 18.1. The summed E-state index contributed by atoms with van der Waals surface area (Å²) in [6.07, 6.45) is 2.15. The van der Waals surface area contributed by atoms with E-state index in [9.17, 15) is 9.18 Å². The molecule has 0 atom stereocenters. The van der Waals surface area contributed by atoms with E-state index in [1.807, 2.05) is 48.0 Å². The van der Waals surface area contributed by atoms with Gasteiger partial charge in [0, 0.05) is 24.2 Å². The van der Waals surface area contributed by atoms with Crippen LogP contribution in [-0.4, -0.2) is 28.8 Å². The molecule has 1 amide bonds. The molecule has 0 unspecified atom stereocenters. The van der Waals surface area contributed by atoms with Crippen LogP contribution in [0.15, 0.2) is 54.6 Å². The monoisotopic (exact) mass is 448 g/mol. The highest BCUT2D eigenvalue weighted by Gasteiger charge is 2.20. The quantitative estimate of drug-likeness (QED) is 0.415. The molecular weight excluding hydrogens is 423 g/mol. The summed E-state index contributed by atoms with van der Waals surface area (Å²) in [5.74, 6) is 0.139. The van der Waals surface area contributed by atoms with Gasteiger partial charge in [0.25, 0.3) is 5.91 Å². The van der Waals surface area contributed by atoms with Gasteiger partial charge in [-0.2, -0.15) is 5.10 Å². The van der Waals surface area contributed by atoms with E-state index in [1.54, 1.807) is 12.1 Å². The number of benzene rings is 2. The van der Waals surface area contributed by atoms with Crippen LogP contribution in [0.3, 0.4) is 0 Å². The highest BCUT2D eigenvalue weighted by molar-refractivity contribution is 7.20. The van der Waals surface area contributed by atoms with E-state index in [0.717, 1.165) is 47.5 Å². The first-order valence-electron chi connectivity index (χ1n) is 10.9. The van der Waals surface area contributed by atoms with Crippen LogP contribution in [0.2, 0.25) is 0 Å². The molecule has 7 heteroatoms. The molecule has 2 aromatic carbocycles. The number of halogens is 1. The number of anilines is 2. The Hall–Kier alpha value is -3.19. The third kappa shape index (κ3) is 3.88. The fourth-order valence-electron chi connectivity index (χ4n) is 4.19. The normalized spacial score (nSPS) is 14.8. The van der Waals surface area contributed by atoms with Crippen molar-refractivity contribution < 1.29 is 9.18 Å². The zero-order valence-corrected chi connectivity index (χ0v) is 19.0. The van der Waals surface area contributed by atoms with E-state index in [4.69, 9.17) is 0 Å². The summed E-state index contributed by atoms with van der Waals surface area (Å²) in [7, 11) is 0. The van der Waals surface area contributed by atoms with E-state index >= 15 is 0 Å². The van der Waals surface area contributed by atoms with E-state index in [-0.39, 0.29) is 11.7 Å². The minimum absolute atomic E-state index is 0.246. The van der Waals surface area contributed by atoms with Crippen LogP contribution in [0.4, 0.5) is 15.8 Å². The Morgan fingerprint density at radius 3 is 2.59 bits per heavy atom. The average Bonchev–Trinajstić information content (AvgIpc) is 3.36. The lowest BCUT2D eigenvalue weighted by Gasteiger charge is -2.32. The number of nitrogens with one attached hydrogen (secondary N) is 1. The lowest BCUT2D eigenvalue weighted by molar-refractivity contribution is 0.103. The van der Waals surface area contributed by atoms with E-state index < -0.39 is 0 Å². The molecule has 0 saturated carbocycles. The molecule has 0 radical (unpaired) electrons. The first-order chi connectivity index (χ1) is 15.5. The minimum atomic E-state index is -0.302. The lowest BCUT2D eigenvalue weighted by atomic mass is 9.99. The van der Waals surface area contributed by atoms with Gasteiger partial charge in [0.15, 0.2) is 0 Å². The molecule has 32 heavy (non-hydrogen) atoms. The van der Waals surface area contributed by atoms with Gasteiger partial charge < -0.3 is 10.2 Å². The molecule has 0 aliphatic carbocycles. The van der Waals surface area contributed by atoms with Crippen LogP contribution in [0.5, 0.6) is 0 Å². The summed E-state index contributed by atoms with van der Waals surface area (Å²) in [5.41, 5.74) is 2.88. The molecule has 3 heterocycles. The summed E-state index contributed by atoms with van der Waals surface area (Å²) in [6, 6.07) is 16.7. The number of hydrogen-bond donors (Lipinski definition) is 1. The second-order valence-corrected chi connectivity index (χ2v) is 9.48. The smallest absolute Gasteiger partial charge is 0.265 e. The molecule has 0 spiro atoms. The number of aromatic nitrogens is 2. The molecule has 5 nitrogen and oxygen atoms in total. The van der Waals surface area contributed by atoms with Gasteiger partial charge in [-0.15, -0.1) is 11.3 Å². The van der Waals surface area contributed by atoms with Crippen LogP contribution in [0, 0.1) is 18.7 Å². The maximum atomic E-state index is 14.8. The van der Waals surface area contributed by atoms with Crippen molar-refractivity contribution in [2.45, 2.75) is 26.7 Å². The van der Waals surface area contributed by atoms with Gasteiger partial charge in [-0.1, -0.05) is 25.1 Å². The van der Waals surface area contributed by atoms with Crippen molar-refractivity contribution in [1.29, 1.82) is 0 Å². The molecule has 164 valence electrons. The van der Waals surface area contributed by atoms with Gasteiger partial charge in [0.1, 0.15) is 10.6 Å². The molecule has 1 fully saturated rings. The number of thiophene rings is 1. The van der Waals surface area contributed by atoms with Crippen LogP contribution in [0.25, 0.3) is 15.9 Å². The SMILES string of the molecule is Cc1nn(-c2ccccc2)c2sc(C(=O)Nc3ccc(N4CCC(C)CC4)c(F)c3)cc12. The predicted molar refractivity (Wildman–Crippen MR) is 129 cm³/mol. The molecule has 4 aromatic rings. The van der Waals surface area contributed by atoms with Crippen LogP contribution in [0.1, 0.15) is 35.1 Å². The van der Waals surface area contributed by atoms with Crippen molar-refractivity contribution in [3.05, 3.63) is 71.0 Å². The lowest BCUT2D eigenvalue weighted by Crippen LogP contribution is -2.33. The summed E-state index contributed by atoms with van der Waals surface area (Å²) in [6.45, 7) is 5.90. The second-order valence-electron chi connectivity index (χ2n) is 8.45. The summed E-state index contributed by atoms with van der Waals surface area (Å²) < 4.78 is 16.7. The zero-order chi connectivity index (χ0) is 22.2. The molecule has 1 aliphatic heterocycles. The van der Waals surface area contributed by atoms with Crippen molar-refractivity contribution in [3.63, 3.8) is 0 Å². The largest absolute Gasteiger partial charge is 0.369 e. The molecule has 1 aliphatic rings. The fraction of sp³-hybridized carbons (Fsp3) is 0.280. The van der Waals surface area contributed by atoms with Gasteiger partial charge in [-0.3, -0.25) is 4.79 Å². The Morgan fingerprint density at radius 2 is 1.88 bits per heavy atom. The number of carbonyl (C=O) groups excluding carboxylic acids is 1. The van der Waals surface area contributed by atoms with Gasteiger partial charge in [0.05, 0.1) is 21.9 Å². The van der Waals surface area contributed by atoms with Gasteiger partial charge >= 0.3 is 0 Å². The van der Waals surface area contributed by atoms with E-state index in [0.29, 0.717) is 22.2 Å². The maximum absolute atomic E-state index is 14.8. The highest BCUT2D eigenvalue weighted by Crippen LogP contribution is 2.32. The van der Waals surface area contributed by atoms with Gasteiger partial charge in [-0.05, 0) is 62.1 Å². The van der Waals surface area contributed by atoms with E-state index in [1.165, 1.54) is 17.4 Å². The number of piperidine rings is 1. The Morgan fingerprint density at radius 1 is 1.12 bits per heavy atom. The molecular formula is C25H25FN4OS. The third-order valence-corrected chi connectivity index (χ3v) is 7.21. The Balaban J connectivity index is 1.36. The molecule has 2 aromatic heterocycles.